The van der Waals surface area contributed by atoms with Crippen LogP contribution in [0, 0.1) is 6.92 Å². The highest BCUT2D eigenvalue weighted by Gasteiger charge is 2.22. The molecule has 98 valence electrons. The molecule has 3 N–H and O–H groups in total. The van der Waals surface area contributed by atoms with E-state index in [0.29, 0.717) is 5.69 Å². The maximum atomic E-state index is 11.4. The van der Waals surface area contributed by atoms with E-state index in [1.165, 1.54) is 13.2 Å². The van der Waals surface area contributed by atoms with Gasteiger partial charge in [0.05, 0.1) is 7.11 Å². The van der Waals surface area contributed by atoms with Gasteiger partial charge in [-0.25, -0.2) is 9.59 Å². The number of aromatic nitrogens is 1. The predicted molar refractivity (Wildman–Crippen MR) is 64.2 cm³/mol. The van der Waals surface area contributed by atoms with Crippen LogP contribution in [-0.2, 0) is 4.74 Å². The van der Waals surface area contributed by atoms with Crippen molar-refractivity contribution in [1.82, 2.24) is 4.98 Å². The van der Waals surface area contributed by atoms with Gasteiger partial charge in [-0.1, -0.05) is 12.7 Å². The van der Waals surface area contributed by atoms with Gasteiger partial charge in [0.2, 0.25) is 0 Å². The van der Waals surface area contributed by atoms with Crippen molar-refractivity contribution in [1.29, 1.82) is 0 Å². The van der Waals surface area contributed by atoms with Crippen LogP contribution in [0.1, 0.15) is 16.2 Å². The maximum absolute atomic E-state index is 11.4. The van der Waals surface area contributed by atoms with Crippen LogP contribution in [0.5, 0.6) is 5.75 Å². The van der Waals surface area contributed by atoms with E-state index in [1.807, 2.05) is 0 Å². The van der Waals surface area contributed by atoms with Crippen molar-refractivity contribution in [2.45, 2.75) is 6.92 Å². The van der Waals surface area contributed by atoms with E-state index in [4.69, 9.17) is 14.6 Å². The van der Waals surface area contributed by atoms with Crippen LogP contribution < -0.4 is 10.1 Å². The molecule has 18 heavy (non-hydrogen) atoms. The summed E-state index contributed by atoms with van der Waals surface area (Å²) in [4.78, 5) is 24.9. The third-order valence-corrected chi connectivity index (χ3v) is 2.12. The van der Waals surface area contributed by atoms with Crippen LogP contribution in [-0.4, -0.2) is 35.9 Å². The number of nitrogens with one attached hydrogen (secondary N) is 2. The van der Waals surface area contributed by atoms with Crippen LogP contribution in [0.15, 0.2) is 12.7 Å². The quantitative estimate of drug-likeness (QED) is 0.695. The minimum Gasteiger partial charge on any atom is -0.492 e. The van der Waals surface area contributed by atoms with Crippen molar-refractivity contribution < 1.29 is 24.2 Å². The van der Waals surface area contributed by atoms with Crippen molar-refractivity contribution >= 4 is 17.7 Å². The van der Waals surface area contributed by atoms with E-state index in [1.54, 1.807) is 6.92 Å². The minimum absolute atomic E-state index is 0.0514. The Morgan fingerprint density at radius 3 is 2.72 bits per heavy atom. The molecule has 0 aliphatic rings. The van der Waals surface area contributed by atoms with Gasteiger partial charge in [0.15, 0.2) is 11.4 Å². The molecular formula is C11H14N2O5. The summed E-state index contributed by atoms with van der Waals surface area (Å²) in [6.45, 7) is 5.07. The monoisotopic (exact) mass is 254 g/mol. The first-order valence-electron chi connectivity index (χ1n) is 5.05. The van der Waals surface area contributed by atoms with Crippen LogP contribution in [0.25, 0.3) is 0 Å². The molecule has 0 saturated heterocycles. The number of anilines is 1. The second-order valence-electron chi connectivity index (χ2n) is 3.35. The Balaban J connectivity index is 2.97. The van der Waals surface area contributed by atoms with Gasteiger partial charge in [0.25, 0.3) is 0 Å². The van der Waals surface area contributed by atoms with E-state index in [9.17, 15) is 9.59 Å². The zero-order chi connectivity index (χ0) is 13.7. The summed E-state index contributed by atoms with van der Waals surface area (Å²) in [6.07, 6.45) is 0.705. The summed E-state index contributed by atoms with van der Waals surface area (Å²) in [6, 6.07) is 0. The van der Waals surface area contributed by atoms with Crippen molar-refractivity contribution in [3.8, 4) is 5.75 Å². The van der Waals surface area contributed by atoms with Gasteiger partial charge in [-0.05, 0) is 6.92 Å². The molecule has 7 nitrogen and oxygen atoms in total. The molecule has 1 amide bonds. The summed E-state index contributed by atoms with van der Waals surface area (Å²) in [5.74, 6) is -1.13. The zero-order valence-electron chi connectivity index (χ0n) is 10.1. The van der Waals surface area contributed by atoms with Gasteiger partial charge < -0.3 is 19.6 Å². The Morgan fingerprint density at radius 1 is 1.56 bits per heavy atom. The van der Waals surface area contributed by atoms with Gasteiger partial charge >= 0.3 is 12.1 Å². The number of H-pyrrole nitrogens is 1. The van der Waals surface area contributed by atoms with Gasteiger partial charge in [0.1, 0.15) is 12.3 Å². The van der Waals surface area contributed by atoms with Crippen LogP contribution in [0.2, 0.25) is 0 Å². The number of aromatic amines is 1. The first-order valence-corrected chi connectivity index (χ1v) is 5.05. The maximum Gasteiger partial charge on any atom is 0.412 e. The van der Waals surface area contributed by atoms with E-state index < -0.39 is 12.1 Å². The molecule has 1 aromatic heterocycles. The molecule has 0 fully saturated rings. The number of carboxylic acid groups (broad SMARTS) is 1. The molecule has 7 heteroatoms. The lowest BCUT2D eigenvalue weighted by atomic mass is 10.3. The normalized spacial score (nSPS) is 9.67. The Labute approximate surface area is 103 Å². The molecule has 1 aromatic rings. The second-order valence-corrected chi connectivity index (χ2v) is 3.35. The SMILES string of the molecule is C=CCOC(=O)Nc1c(C)[nH]c(C(=O)O)c1OC. The third kappa shape index (κ3) is 2.82. The summed E-state index contributed by atoms with van der Waals surface area (Å²) in [7, 11) is 1.31. The molecule has 0 bridgehead atoms. The number of hydrogen-bond acceptors (Lipinski definition) is 4. The fourth-order valence-electron chi connectivity index (χ4n) is 1.38. The van der Waals surface area contributed by atoms with Crippen LogP contribution in [0.4, 0.5) is 10.5 Å². The summed E-state index contributed by atoms with van der Waals surface area (Å²) >= 11 is 0. The number of carbonyl (C=O) groups excluding carboxylic acids is 1. The van der Waals surface area contributed by atoms with E-state index >= 15 is 0 Å². The number of carbonyl (C=O) groups is 2. The Kier molecular flexibility index (Phi) is 4.36. The van der Waals surface area contributed by atoms with Crippen LogP contribution in [0.3, 0.4) is 0 Å². The average molecular weight is 254 g/mol. The second kappa shape index (κ2) is 5.76. The molecule has 1 heterocycles. The highest BCUT2D eigenvalue weighted by atomic mass is 16.5. The Hall–Kier alpha value is -2.44. The molecule has 0 aliphatic heterocycles. The topological polar surface area (TPSA) is 101 Å². The molecule has 0 aliphatic carbocycles. The lowest BCUT2D eigenvalue weighted by molar-refractivity contribution is 0.0687. The highest BCUT2D eigenvalue weighted by Crippen LogP contribution is 2.32. The lowest BCUT2D eigenvalue weighted by Crippen LogP contribution is -2.14. The summed E-state index contributed by atoms with van der Waals surface area (Å²) < 4.78 is 9.70. The molecular weight excluding hydrogens is 240 g/mol. The number of methoxy groups -OCH3 is 1. The molecule has 0 unspecified atom stereocenters. The van der Waals surface area contributed by atoms with Crippen molar-refractivity contribution in [2.24, 2.45) is 0 Å². The molecule has 0 radical (unpaired) electrons. The largest absolute Gasteiger partial charge is 0.492 e. The zero-order valence-corrected chi connectivity index (χ0v) is 10.1. The lowest BCUT2D eigenvalue weighted by Gasteiger charge is -2.07. The molecule has 0 spiro atoms. The van der Waals surface area contributed by atoms with Crippen molar-refractivity contribution in [3.63, 3.8) is 0 Å². The molecule has 0 aromatic carbocycles. The number of hydrogen-bond donors (Lipinski definition) is 3. The number of carboxylic acids is 1. The van der Waals surface area contributed by atoms with Gasteiger partial charge in [-0.2, -0.15) is 0 Å². The fraction of sp³-hybridized carbons (Fsp3) is 0.273. The van der Waals surface area contributed by atoms with Crippen molar-refractivity contribution in [2.75, 3.05) is 19.0 Å². The Morgan fingerprint density at radius 2 is 2.22 bits per heavy atom. The predicted octanol–water partition coefficient (Wildman–Crippen LogP) is 1.76. The molecule has 1 rings (SSSR count). The minimum atomic E-state index is -1.18. The van der Waals surface area contributed by atoms with Crippen molar-refractivity contribution in [3.05, 3.63) is 24.0 Å². The number of aromatic carboxylic acids is 1. The number of ether oxygens (including phenoxy) is 2. The smallest absolute Gasteiger partial charge is 0.412 e. The third-order valence-electron chi connectivity index (χ3n) is 2.12. The number of aryl methyl sites for hydroxylation is 1. The average Bonchev–Trinajstić information content (AvgIpc) is 2.64. The van der Waals surface area contributed by atoms with Gasteiger partial charge in [-0.3, -0.25) is 5.32 Å². The Bertz CT molecular complexity index is 478. The number of amides is 1. The standard InChI is InChI=1S/C11H14N2O5/c1-4-5-18-11(16)13-7-6(2)12-8(10(14)15)9(7)17-3/h4,12H,1,5H2,2-3H3,(H,13,16)(H,14,15). The van der Waals surface area contributed by atoms with E-state index in [0.717, 1.165) is 0 Å². The first kappa shape index (κ1) is 13.6. The van der Waals surface area contributed by atoms with Gasteiger partial charge in [0, 0.05) is 5.69 Å². The molecule has 0 saturated carbocycles. The van der Waals surface area contributed by atoms with Gasteiger partial charge in [-0.15, -0.1) is 0 Å². The number of rotatable bonds is 5. The summed E-state index contributed by atoms with van der Waals surface area (Å²) in [5.41, 5.74) is 0.567. The summed E-state index contributed by atoms with van der Waals surface area (Å²) in [5, 5.41) is 11.4. The molecule has 0 atom stereocenters. The van der Waals surface area contributed by atoms with Crippen LogP contribution >= 0.6 is 0 Å². The van der Waals surface area contributed by atoms with E-state index in [2.05, 4.69) is 16.9 Å². The highest BCUT2D eigenvalue weighted by molar-refractivity contribution is 5.96. The van der Waals surface area contributed by atoms with E-state index in [-0.39, 0.29) is 23.7 Å². The fourth-order valence-corrected chi connectivity index (χ4v) is 1.38. The first-order chi connectivity index (χ1) is 8.51.